The van der Waals surface area contributed by atoms with Crippen molar-refractivity contribution in [2.75, 3.05) is 7.05 Å². The van der Waals surface area contributed by atoms with E-state index < -0.39 is 0 Å². The molecule has 3 aromatic rings. The molecular weight excluding hydrogens is 300 g/mol. The maximum Gasteiger partial charge on any atom is 0.257 e. The number of para-hydroxylation sites is 1. The lowest BCUT2D eigenvalue weighted by molar-refractivity contribution is 0.0738. The van der Waals surface area contributed by atoms with Gasteiger partial charge in [-0.3, -0.25) is 9.48 Å². The summed E-state index contributed by atoms with van der Waals surface area (Å²) in [6.45, 7) is 2.97. The van der Waals surface area contributed by atoms with Crippen LogP contribution in [0.4, 0.5) is 0 Å². The molecule has 0 saturated heterocycles. The highest BCUT2D eigenvalue weighted by Gasteiger charge is 2.25. The third kappa shape index (κ3) is 2.40. The Bertz CT molecular complexity index is 859. The first-order chi connectivity index (χ1) is 11.6. The van der Waals surface area contributed by atoms with Crippen molar-refractivity contribution in [3.05, 3.63) is 53.5 Å². The molecule has 5 nitrogen and oxygen atoms in total. The summed E-state index contributed by atoms with van der Waals surface area (Å²) in [6, 6.07) is 10.3. The second-order valence-corrected chi connectivity index (χ2v) is 6.59. The third-order valence-electron chi connectivity index (χ3n) is 5.11. The number of carbonyl (C=O) groups excluding carboxylic acids is 1. The van der Waals surface area contributed by atoms with Crippen molar-refractivity contribution in [3.8, 4) is 0 Å². The lowest BCUT2D eigenvalue weighted by Gasteiger charge is -2.25. The van der Waals surface area contributed by atoms with E-state index in [4.69, 9.17) is 0 Å². The first kappa shape index (κ1) is 15.0. The molecule has 1 aliphatic rings. The Morgan fingerprint density at radius 3 is 3.00 bits per heavy atom. The molecule has 4 rings (SSSR count). The van der Waals surface area contributed by atoms with Crippen LogP contribution in [0.15, 0.2) is 36.5 Å². The first-order valence-electron chi connectivity index (χ1n) is 8.54. The van der Waals surface area contributed by atoms with Crippen molar-refractivity contribution in [1.82, 2.24) is 19.7 Å². The van der Waals surface area contributed by atoms with Crippen LogP contribution in [-0.4, -0.2) is 32.6 Å². The van der Waals surface area contributed by atoms with Gasteiger partial charge in [-0.1, -0.05) is 18.2 Å². The third-order valence-corrected chi connectivity index (χ3v) is 5.11. The average molecular weight is 322 g/mol. The maximum atomic E-state index is 13.0. The number of nitrogens with zero attached hydrogens (tertiary/aromatic N) is 3. The van der Waals surface area contributed by atoms with Gasteiger partial charge in [-0.05, 0) is 43.7 Å². The van der Waals surface area contributed by atoms with E-state index in [1.807, 2.05) is 23.9 Å². The molecular formula is C19H22N4O. The predicted octanol–water partition coefficient (Wildman–Crippen LogP) is 3.53. The Kier molecular flexibility index (Phi) is 3.63. The second kappa shape index (κ2) is 5.82. The van der Waals surface area contributed by atoms with E-state index in [9.17, 15) is 4.79 Å². The van der Waals surface area contributed by atoms with Crippen LogP contribution in [0.3, 0.4) is 0 Å². The van der Waals surface area contributed by atoms with E-state index >= 15 is 0 Å². The molecule has 1 N–H and O–H groups in total. The van der Waals surface area contributed by atoms with Gasteiger partial charge in [0.05, 0.1) is 23.5 Å². The van der Waals surface area contributed by atoms with Gasteiger partial charge in [-0.2, -0.15) is 5.10 Å². The van der Waals surface area contributed by atoms with Gasteiger partial charge in [0, 0.05) is 24.8 Å². The normalized spacial score (nSPS) is 15.2. The molecule has 1 atom stereocenters. The molecule has 1 aliphatic heterocycles. The Morgan fingerprint density at radius 2 is 2.17 bits per heavy atom. The van der Waals surface area contributed by atoms with Gasteiger partial charge in [0.1, 0.15) is 0 Å². The molecule has 3 heterocycles. The highest BCUT2D eigenvalue weighted by molar-refractivity contribution is 5.95. The van der Waals surface area contributed by atoms with Crippen LogP contribution < -0.4 is 0 Å². The number of amides is 1. The van der Waals surface area contributed by atoms with E-state index in [1.54, 1.807) is 11.1 Å². The highest BCUT2D eigenvalue weighted by Crippen LogP contribution is 2.26. The minimum absolute atomic E-state index is 0.0240. The molecule has 0 spiro atoms. The number of fused-ring (bicyclic) bond motifs is 2. The summed E-state index contributed by atoms with van der Waals surface area (Å²) in [5, 5.41) is 5.56. The van der Waals surface area contributed by atoms with Crippen molar-refractivity contribution in [3.63, 3.8) is 0 Å². The molecule has 1 aromatic carbocycles. The highest BCUT2D eigenvalue weighted by atomic mass is 16.2. The number of carbonyl (C=O) groups is 1. The van der Waals surface area contributed by atoms with Crippen LogP contribution in [-0.2, 0) is 13.0 Å². The summed E-state index contributed by atoms with van der Waals surface area (Å²) in [4.78, 5) is 18.2. The Hall–Kier alpha value is -2.56. The lowest BCUT2D eigenvalue weighted by Crippen LogP contribution is -2.30. The van der Waals surface area contributed by atoms with E-state index in [-0.39, 0.29) is 11.9 Å². The van der Waals surface area contributed by atoms with Gasteiger partial charge in [-0.25, -0.2) is 0 Å². The second-order valence-electron chi connectivity index (χ2n) is 6.59. The Labute approximate surface area is 141 Å². The van der Waals surface area contributed by atoms with Gasteiger partial charge >= 0.3 is 0 Å². The quantitative estimate of drug-likeness (QED) is 0.802. The van der Waals surface area contributed by atoms with Crippen molar-refractivity contribution >= 4 is 16.8 Å². The lowest BCUT2D eigenvalue weighted by atomic mass is 10.1. The number of aromatic amines is 1. The van der Waals surface area contributed by atoms with Crippen LogP contribution in [0.25, 0.3) is 10.9 Å². The zero-order valence-corrected chi connectivity index (χ0v) is 14.1. The summed E-state index contributed by atoms with van der Waals surface area (Å²) in [6.07, 6.45) is 4.95. The molecule has 0 fully saturated rings. The fraction of sp³-hybridized carbons (Fsp3) is 0.368. The van der Waals surface area contributed by atoms with Gasteiger partial charge in [0.2, 0.25) is 0 Å². The number of hydrogen-bond donors (Lipinski definition) is 1. The molecule has 2 aromatic heterocycles. The van der Waals surface area contributed by atoms with Crippen molar-refractivity contribution in [2.45, 2.75) is 38.8 Å². The summed E-state index contributed by atoms with van der Waals surface area (Å²) < 4.78 is 1.98. The number of aryl methyl sites for hydroxylation is 1. The van der Waals surface area contributed by atoms with Crippen LogP contribution in [0, 0.1) is 0 Å². The van der Waals surface area contributed by atoms with Crippen molar-refractivity contribution in [2.24, 2.45) is 0 Å². The minimum Gasteiger partial charge on any atom is -0.357 e. The monoisotopic (exact) mass is 322 g/mol. The molecule has 0 saturated carbocycles. The molecule has 24 heavy (non-hydrogen) atoms. The van der Waals surface area contributed by atoms with E-state index in [2.05, 4.69) is 35.2 Å². The zero-order valence-electron chi connectivity index (χ0n) is 14.1. The van der Waals surface area contributed by atoms with Gasteiger partial charge in [0.15, 0.2) is 0 Å². The number of H-pyrrole nitrogens is 1. The number of hydrogen-bond acceptors (Lipinski definition) is 2. The summed E-state index contributed by atoms with van der Waals surface area (Å²) >= 11 is 0. The topological polar surface area (TPSA) is 53.9 Å². The zero-order chi connectivity index (χ0) is 16.7. The molecule has 5 heteroatoms. The van der Waals surface area contributed by atoms with Gasteiger partial charge in [0.25, 0.3) is 5.91 Å². The van der Waals surface area contributed by atoms with Crippen LogP contribution in [0.5, 0.6) is 0 Å². The van der Waals surface area contributed by atoms with Crippen molar-refractivity contribution in [1.29, 1.82) is 0 Å². The van der Waals surface area contributed by atoms with Crippen LogP contribution >= 0.6 is 0 Å². The fourth-order valence-corrected chi connectivity index (χ4v) is 3.50. The molecule has 0 radical (unpaired) electrons. The number of aromatic nitrogens is 3. The fourth-order valence-electron chi connectivity index (χ4n) is 3.50. The molecule has 0 unspecified atom stereocenters. The number of rotatable bonds is 3. The molecule has 124 valence electrons. The minimum atomic E-state index is -0.0240. The van der Waals surface area contributed by atoms with Crippen LogP contribution in [0.1, 0.15) is 47.6 Å². The maximum absolute atomic E-state index is 13.0. The predicted molar refractivity (Wildman–Crippen MR) is 94.0 cm³/mol. The van der Waals surface area contributed by atoms with E-state index in [0.29, 0.717) is 0 Å². The Balaban J connectivity index is 1.61. The number of benzene rings is 1. The summed E-state index contributed by atoms with van der Waals surface area (Å²) in [5.41, 5.74) is 3.98. The largest absolute Gasteiger partial charge is 0.357 e. The molecule has 1 amide bonds. The van der Waals surface area contributed by atoms with Crippen LogP contribution in [0.2, 0.25) is 0 Å². The van der Waals surface area contributed by atoms with Crippen molar-refractivity contribution < 1.29 is 4.79 Å². The summed E-state index contributed by atoms with van der Waals surface area (Å²) in [7, 11) is 1.87. The smallest absolute Gasteiger partial charge is 0.257 e. The SMILES string of the molecule is C[C@@H](c1cc2ccccc2[nH]1)N(C)C(=O)c1cnn2c1CCCC2. The van der Waals surface area contributed by atoms with Gasteiger partial charge < -0.3 is 9.88 Å². The van der Waals surface area contributed by atoms with E-state index in [0.717, 1.165) is 48.3 Å². The van der Waals surface area contributed by atoms with Gasteiger partial charge in [-0.15, -0.1) is 0 Å². The molecule has 0 aliphatic carbocycles. The Morgan fingerprint density at radius 1 is 1.33 bits per heavy atom. The molecule has 0 bridgehead atoms. The number of nitrogens with one attached hydrogen (secondary N) is 1. The van der Waals surface area contributed by atoms with E-state index in [1.165, 1.54) is 5.39 Å². The average Bonchev–Trinajstić information content (AvgIpc) is 3.23. The standard InChI is InChI=1S/C19H22N4O/c1-13(17-11-14-7-3-4-8-16(14)21-17)22(2)19(24)15-12-20-23-10-6-5-9-18(15)23/h3-4,7-8,11-13,21H,5-6,9-10H2,1-2H3/t13-/m0/s1. The first-order valence-corrected chi connectivity index (χ1v) is 8.54. The summed E-state index contributed by atoms with van der Waals surface area (Å²) in [5.74, 6) is 0.0457.